The van der Waals surface area contributed by atoms with Crippen LogP contribution in [0.15, 0.2) is 12.1 Å². The molecule has 6 nitrogen and oxygen atoms in total. The van der Waals surface area contributed by atoms with E-state index < -0.39 is 5.97 Å². The Morgan fingerprint density at radius 3 is 2.07 bits per heavy atom. The molecule has 0 unspecified atom stereocenters. The maximum absolute atomic E-state index is 13.3. The summed E-state index contributed by atoms with van der Waals surface area (Å²) < 4.78 is 10.9. The Hall–Kier alpha value is -3.02. The number of phenols is 1. The van der Waals surface area contributed by atoms with Gasteiger partial charge in [-0.1, -0.05) is 6.07 Å². The zero-order valence-electron chi connectivity index (χ0n) is 18.3. The Bertz CT molecular complexity index is 1030. The molecule has 0 bridgehead atoms. The van der Waals surface area contributed by atoms with Crippen LogP contribution >= 0.6 is 0 Å². The summed E-state index contributed by atoms with van der Waals surface area (Å²) in [6, 6.07) is 3.69. The van der Waals surface area contributed by atoms with Gasteiger partial charge in [-0.2, -0.15) is 0 Å². The third-order valence-electron chi connectivity index (χ3n) is 6.30. The van der Waals surface area contributed by atoms with Gasteiger partial charge in [0.2, 0.25) is 0 Å². The van der Waals surface area contributed by atoms with Gasteiger partial charge in [-0.3, -0.25) is 4.79 Å². The van der Waals surface area contributed by atoms with Crippen LogP contribution in [0, 0.1) is 33.6 Å². The van der Waals surface area contributed by atoms with Gasteiger partial charge in [-0.15, -0.1) is 0 Å². The van der Waals surface area contributed by atoms with Gasteiger partial charge in [-0.25, -0.2) is 4.79 Å². The molecular weight excluding hydrogens is 384 g/mol. The monoisotopic (exact) mass is 412 g/mol. The van der Waals surface area contributed by atoms with E-state index in [-0.39, 0.29) is 28.9 Å². The molecule has 0 saturated heterocycles. The second kappa shape index (κ2) is 8.01. The average molecular weight is 412 g/mol. The zero-order chi connectivity index (χ0) is 22.3. The SMILES string of the molecule is COc1cc(C)c(C(=O)C2CC(c3cc(C)c(C(=O)O)c(O)c3C)C2)c(OC)c1C. The van der Waals surface area contributed by atoms with Gasteiger partial charge in [-0.05, 0) is 74.8 Å². The molecular formula is C24H28O6. The first-order chi connectivity index (χ1) is 14.1. The summed E-state index contributed by atoms with van der Waals surface area (Å²) in [6.07, 6.45) is 1.30. The molecule has 30 heavy (non-hydrogen) atoms. The van der Waals surface area contributed by atoms with Crippen molar-refractivity contribution >= 4 is 11.8 Å². The molecule has 0 spiro atoms. The number of hydrogen-bond donors (Lipinski definition) is 2. The third-order valence-corrected chi connectivity index (χ3v) is 6.30. The van der Waals surface area contributed by atoms with Crippen LogP contribution in [-0.2, 0) is 0 Å². The summed E-state index contributed by atoms with van der Waals surface area (Å²) in [5.74, 6) is -0.0712. The molecule has 1 aliphatic rings. The van der Waals surface area contributed by atoms with E-state index in [0.717, 1.165) is 16.7 Å². The molecule has 0 aromatic heterocycles. The summed E-state index contributed by atoms with van der Waals surface area (Å²) in [7, 11) is 3.15. The number of ether oxygens (including phenoxy) is 2. The van der Waals surface area contributed by atoms with Crippen molar-refractivity contribution < 1.29 is 29.3 Å². The molecule has 0 atom stereocenters. The molecule has 6 heteroatoms. The fraction of sp³-hybridized carbons (Fsp3) is 0.417. The van der Waals surface area contributed by atoms with Gasteiger partial charge in [0, 0.05) is 11.5 Å². The lowest BCUT2D eigenvalue weighted by Crippen LogP contribution is -2.30. The van der Waals surface area contributed by atoms with Crippen LogP contribution in [-0.4, -0.2) is 36.2 Å². The number of carbonyl (C=O) groups excluding carboxylic acids is 1. The molecule has 3 rings (SSSR count). The van der Waals surface area contributed by atoms with Crippen molar-refractivity contribution in [2.75, 3.05) is 14.2 Å². The number of carboxylic acids is 1. The fourth-order valence-corrected chi connectivity index (χ4v) is 4.54. The molecule has 2 aromatic carbocycles. The standard InChI is InChI=1S/C24H28O6/c1-11-7-17(13(3)21(25)20(11)24(27)28)15-9-16(10-15)22(26)19-12(2)8-18(29-5)14(4)23(19)30-6/h7-8,15-16,25H,9-10H2,1-6H3,(H,27,28). The Morgan fingerprint density at radius 2 is 1.53 bits per heavy atom. The Labute approximate surface area is 176 Å². The van der Waals surface area contributed by atoms with Gasteiger partial charge in [0.25, 0.3) is 0 Å². The maximum atomic E-state index is 13.3. The minimum Gasteiger partial charge on any atom is -0.507 e. The number of carboxylic acid groups (broad SMARTS) is 1. The van der Waals surface area contributed by atoms with Gasteiger partial charge in [0.1, 0.15) is 22.8 Å². The van der Waals surface area contributed by atoms with Crippen LogP contribution in [0.1, 0.15) is 67.3 Å². The number of hydrogen-bond acceptors (Lipinski definition) is 5. The summed E-state index contributed by atoms with van der Waals surface area (Å²) in [5, 5.41) is 19.7. The Morgan fingerprint density at radius 1 is 0.933 bits per heavy atom. The number of aromatic hydroxyl groups is 1. The summed E-state index contributed by atoms with van der Waals surface area (Å²) >= 11 is 0. The van der Waals surface area contributed by atoms with E-state index in [0.29, 0.717) is 41.0 Å². The summed E-state index contributed by atoms with van der Waals surface area (Å²) in [4.78, 5) is 24.7. The first-order valence-electron chi connectivity index (χ1n) is 9.95. The molecule has 0 amide bonds. The van der Waals surface area contributed by atoms with Crippen molar-refractivity contribution in [3.63, 3.8) is 0 Å². The van der Waals surface area contributed by atoms with Crippen molar-refractivity contribution in [3.05, 3.63) is 51.1 Å². The van der Waals surface area contributed by atoms with E-state index in [1.165, 1.54) is 0 Å². The molecule has 1 saturated carbocycles. The predicted molar refractivity (Wildman–Crippen MR) is 113 cm³/mol. The lowest BCUT2D eigenvalue weighted by Gasteiger charge is -2.36. The summed E-state index contributed by atoms with van der Waals surface area (Å²) in [5.41, 5.74) is 4.16. The highest BCUT2D eigenvalue weighted by Gasteiger charge is 2.39. The van der Waals surface area contributed by atoms with Crippen molar-refractivity contribution in [3.8, 4) is 17.2 Å². The number of benzene rings is 2. The van der Waals surface area contributed by atoms with Crippen LogP contribution in [0.2, 0.25) is 0 Å². The van der Waals surface area contributed by atoms with Crippen molar-refractivity contribution in [2.45, 2.75) is 46.5 Å². The second-order valence-electron chi connectivity index (χ2n) is 8.09. The number of rotatable bonds is 6. The van der Waals surface area contributed by atoms with Crippen LogP contribution in [0.3, 0.4) is 0 Å². The van der Waals surface area contributed by atoms with Crippen molar-refractivity contribution in [1.82, 2.24) is 0 Å². The predicted octanol–water partition coefficient (Wildman–Crippen LogP) is 4.72. The quantitative estimate of drug-likeness (QED) is 0.667. The molecule has 0 radical (unpaired) electrons. The fourth-order valence-electron chi connectivity index (χ4n) is 4.54. The third kappa shape index (κ3) is 3.40. The number of carbonyl (C=O) groups is 2. The van der Waals surface area contributed by atoms with Gasteiger partial charge in [0.15, 0.2) is 5.78 Å². The molecule has 1 fully saturated rings. The first-order valence-corrected chi connectivity index (χ1v) is 9.95. The number of Topliss-reactive ketones (excluding diaryl/α,β-unsaturated/α-hetero) is 1. The topological polar surface area (TPSA) is 93.1 Å². The number of aryl methyl sites for hydroxylation is 2. The first kappa shape index (κ1) is 21.7. The van der Waals surface area contributed by atoms with E-state index in [4.69, 9.17) is 9.47 Å². The van der Waals surface area contributed by atoms with Crippen LogP contribution < -0.4 is 9.47 Å². The molecule has 0 aliphatic heterocycles. The smallest absolute Gasteiger partial charge is 0.339 e. The van der Waals surface area contributed by atoms with E-state index in [1.807, 2.05) is 26.0 Å². The highest BCUT2D eigenvalue weighted by molar-refractivity contribution is 6.03. The molecule has 2 aromatic rings. The molecule has 2 N–H and O–H groups in total. The number of aromatic carboxylic acids is 1. The lowest BCUT2D eigenvalue weighted by molar-refractivity contribution is 0.0692. The van der Waals surface area contributed by atoms with E-state index in [9.17, 15) is 19.8 Å². The largest absolute Gasteiger partial charge is 0.507 e. The van der Waals surface area contributed by atoms with Crippen LogP contribution in [0.25, 0.3) is 0 Å². The van der Waals surface area contributed by atoms with Gasteiger partial charge in [0.05, 0.1) is 19.8 Å². The summed E-state index contributed by atoms with van der Waals surface area (Å²) in [6.45, 7) is 7.16. The average Bonchev–Trinajstić information content (AvgIpc) is 2.65. The van der Waals surface area contributed by atoms with E-state index >= 15 is 0 Å². The maximum Gasteiger partial charge on any atom is 0.339 e. The minimum absolute atomic E-state index is 0.0482. The van der Waals surface area contributed by atoms with Crippen molar-refractivity contribution in [2.24, 2.45) is 5.92 Å². The van der Waals surface area contributed by atoms with Gasteiger partial charge < -0.3 is 19.7 Å². The van der Waals surface area contributed by atoms with Gasteiger partial charge >= 0.3 is 5.97 Å². The molecule has 160 valence electrons. The van der Waals surface area contributed by atoms with E-state index in [1.54, 1.807) is 28.1 Å². The zero-order valence-corrected chi connectivity index (χ0v) is 18.3. The Kier molecular flexibility index (Phi) is 5.79. The highest BCUT2D eigenvalue weighted by atomic mass is 16.5. The Balaban J connectivity index is 1.87. The lowest BCUT2D eigenvalue weighted by atomic mass is 9.67. The minimum atomic E-state index is -1.14. The van der Waals surface area contributed by atoms with Crippen molar-refractivity contribution in [1.29, 1.82) is 0 Å². The second-order valence-corrected chi connectivity index (χ2v) is 8.09. The van der Waals surface area contributed by atoms with E-state index in [2.05, 4.69) is 0 Å². The molecule has 0 heterocycles. The number of ketones is 1. The van der Waals surface area contributed by atoms with Crippen LogP contribution in [0.4, 0.5) is 0 Å². The number of methoxy groups -OCH3 is 2. The molecule has 1 aliphatic carbocycles. The van der Waals surface area contributed by atoms with Crippen LogP contribution in [0.5, 0.6) is 17.2 Å². The normalized spacial score (nSPS) is 17.9. The highest BCUT2D eigenvalue weighted by Crippen LogP contribution is 2.48.